The van der Waals surface area contributed by atoms with Crippen molar-refractivity contribution in [3.63, 3.8) is 0 Å². The number of piperidine rings is 1. The van der Waals surface area contributed by atoms with Crippen molar-refractivity contribution >= 4 is 0 Å². The number of rotatable bonds is 3. The van der Waals surface area contributed by atoms with Gasteiger partial charge in [-0.1, -0.05) is 12.5 Å². The van der Waals surface area contributed by atoms with Crippen LogP contribution in [-0.2, 0) is 0 Å². The Balaban J connectivity index is 1.60. The van der Waals surface area contributed by atoms with E-state index in [0.29, 0.717) is 11.5 Å². The first-order chi connectivity index (χ1) is 12.8. The topological polar surface area (TPSA) is 60.4 Å². The number of hydrogen-bond donors (Lipinski definition) is 1. The molecule has 0 aliphatic carbocycles. The van der Waals surface area contributed by atoms with Gasteiger partial charge in [0.05, 0.1) is 6.04 Å². The summed E-state index contributed by atoms with van der Waals surface area (Å²) in [4.78, 5) is 2.41. The second kappa shape index (κ2) is 6.29. The summed E-state index contributed by atoms with van der Waals surface area (Å²) in [5.41, 5.74) is 1.90. The highest BCUT2D eigenvalue weighted by Crippen LogP contribution is 2.45. The first-order valence-corrected chi connectivity index (χ1v) is 9.06. The molecule has 3 heterocycles. The number of fused-ring (bicyclic) bond motifs is 2. The summed E-state index contributed by atoms with van der Waals surface area (Å²) in [6, 6.07) is 9.50. The van der Waals surface area contributed by atoms with Gasteiger partial charge in [-0.15, -0.1) is 0 Å². The first-order valence-electron chi connectivity index (χ1n) is 9.06. The van der Waals surface area contributed by atoms with Gasteiger partial charge in [-0.2, -0.15) is 0 Å². The van der Waals surface area contributed by atoms with Gasteiger partial charge >= 0.3 is 0 Å². The molecule has 6 heteroatoms. The fourth-order valence-corrected chi connectivity index (χ4v) is 4.01. The van der Waals surface area contributed by atoms with Gasteiger partial charge in [0.25, 0.3) is 0 Å². The lowest BCUT2D eigenvalue weighted by molar-refractivity contribution is 0.173. The maximum Gasteiger partial charge on any atom is 0.231 e. The molecule has 26 heavy (non-hydrogen) atoms. The Morgan fingerprint density at radius 2 is 1.42 bits per heavy atom. The molecule has 2 aromatic rings. The number of phenolic OH excluding ortho intramolecular Hbond substituents is 1. The minimum absolute atomic E-state index is 0.0701. The van der Waals surface area contributed by atoms with Gasteiger partial charge < -0.3 is 24.1 Å². The number of ether oxygens (including phenoxy) is 4. The van der Waals surface area contributed by atoms with Gasteiger partial charge in [-0.05, 0) is 49.7 Å². The molecule has 1 saturated heterocycles. The molecule has 5 rings (SSSR count). The second-order valence-electron chi connectivity index (χ2n) is 6.88. The highest BCUT2D eigenvalue weighted by Gasteiger charge is 2.30. The zero-order valence-electron chi connectivity index (χ0n) is 14.4. The molecular weight excluding hydrogens is 334 g/mol. The summed E-state index contributed by atoms with van der Waals surface area (Å²) in [6.07, 6.45) is 3.57. The molecule has 0 spiro atoms. The molecule has 0 unspecified atom stereocenters. The van der Waals surface area contributed by atoms with E-state index in [1.807, 2.05) is 18.2 Å². The van der Waals surface area contributed by atoms with E-state index in [-0.39, 0.29) is 25.4 Å². The van der Waals surface area contributed by atoms with Crippen LogP contribution in [0.4, 0.5) is 0 Å². The van der Waals surface area contributed by atoms with Crippen LogP contribution in [0.3, 0.4) is 0 Å². The fraction of sp³-hybridized carbons (Fsp3) is 0.400. The molecule has 0 amide bonds. The predicted octanol–water partition coefficient (Wildman–Crippen LogP) is 3.42. The SMILES string of the molecule is Oc1cc2c(cc1[C@H](c1ccc3c(c1)OCO3)N1CCCCC1)OCO2. The van der Waals surface area contributed by atoms with Crippen LogP contribution in [0.25, 0.3) is 0 Å². The van der Waals surface area contributed by atoms with Crippen LogP contribution >= 0.6 is 0 Å². The van der Waals surface area contributed by atoms with E-state index < -0.39 is 0 Å². The van der Waals surface area contributed by atoms with Crippen LogP contribution in [-0.4, -0.2) is 36.7 Å². The number of nitrogens with zero attached hydrogens (tertiary/aromatic N) is 1. The van der Waals surface area contributed by atoms with Gasteiger partial charge in [-0.25, -0.2) is 0 Å². The van der Waals surface area contributed by atoms with Crippen LogP contribution in [0.15, 0.2) is 30.3 Å². The smallest absolute Gasteiger partial charge is 0.231 e. The Kier molecular flexibility index (Phi) is 3.78. The molecule has 1 atom stereocenters. The minimum Gasteiger partial charge on any atom is -0.507 e. The molecule has 0 aromatic heterocycles. The van der Waals surface area contributed by atoms with Gasteiger partial charge in [0.15, 0.2) is 23.0 Å². The lowest BCUT2D eigenvalue weighted by atomic mass is 9.93. The maximum absolute atomic E-state index is 10.7. The van der Waals surface area contributed by atoms with Crippen LogP contribution in [0, 0.1) is 0 Å². The lowest BCUT2D eigenvalue weighted by Crippen LogP contribution is -2.34. The Morgan fingerprint density at radius 1 is 0.769 bits per heavy atom. The number of benzene rings is 2. The Labute approximate surface area is 151 Å². The van der Waals surface area contributed by atoms with E-state index in [2.05, 4.69) is 11.0 Å². The normalized spacial score (nSPS) is 19.5. The van der Waals surface area contributed by atoms with Crippen LogP contribution in [0.5, 0.6) is 28.7 Å². The molecule has 2 aromatic carbocycles. The molecular formula is C20H21NO5. The summed E-state index contributed by atoms with van der Waals surface area (Å²) < 4.78 is 22.0. The third-order valence-electron chi connectivity index (χ3n) is 5.28. The molecule has 0 radical (unpaired) electrons. The Bertz CT molecular complexity index is 831. The highest BCUT2D eigenvalue weighted by atomic mass is 16.7. The summed E-state index contributed by atoms with van der Waals surface area (Å²) >= 11 is 0. The van der Waals surface area contributed by atoms with E-state index >= 15 is 0 Å². The molecule has 3 aliphatic rings. The monoisotopic (exact) mass is 355 g/mol. The quantitative estimate of drug-likeness (QED) is 0.910. The highest BCUT2D eigenvalue weighted by molar-refractivity contribution is 5.55. The third kappa shape index (κ3) is 2.61. The van der Waals surface area contributed by atoms with E-state index in [1.165, 1.54) is 6.42 Å². The average molecular weight is 355 g/mol. The van der Waals surface area contributed by atoms with Crippen molar-refractivity contribution < 1.29 is 24.1 Å². The summed E-state index contributed by atoms with van der Waals surface area (Å²) in [5, 5.41) is 10.7. The van der Waals surface area contributed by atoms with Crippen molar-refractivity contribution in [1.82, 2.24) is 4.90 Å². The lowest BCUT2D eigenvalue weighted by Gasteiger charge is -2.35. The molecule has 3 aliphatic heterocycles. The van der Waals surface area contributed by atoms with E-state index in [1.54, 1.807) is 6.07 Å². The van der Waals surface area contributed by atoms with Crippen molar-refractivity contribution in [3.05, 3.63) is 41.5 Å². The Hall–Kier alpha value is -2.60. The zero-order chi connectivity index (χ0) is 17.5. The van der Waals surface area contributed by atoms with Crippen molar-refractivity contribution in [3.8, 4) is 28.7 Å². The van der Waals surface area contributed by atoms with Gasteiger partial charge in [-0.3, -0.25) is 4.90 Å². The van der Waals surface area contributed by atoms with Crippen LogP contribution in [0.1, 0.15) is 36.4 Å². The largest absolute Gasteiger partial charge is 0.507 e. The van der Waals surface area contributed by atoms with Crippen molar-refractivity contribution in [2.45, 2.75) is 25.3 Å². The van der Waals surface area contributed by atoms with Gasteiger partial charge in [0.1, 0.15) is 5.75 Å². The fourth-order valence-electron chi connectivity index (χ4n) is 4.01. The number of likely N-dealkylation sites (tertiary alicyclic amines) is 1. The van der Waals surface area contributed by atoms with Crippen molar-refractivity contribution in [2.75, 3.05) is 26.7 Å². The molecule has 6 nitrogen and oxygen atoms in total. The van der Waals surface area contributed by atoms with Gasteiger partial charge in [0.2, 0.25) is 13.6 Å². The molecule has 1 N–H and O–H groups in total. The van der Waals surface area contributed by atoms with Crippen molar-refractivity contribution in [1.29, 1.82) is 0 Å². The summed E-state index contributed by atoms with van der Waals surface area (Å²) in [5.74, 6) is 3.02. The van der Waals surface area contributed by atoms with E-state index in [4.69, 9.17) is 18.9 Å². The average Bonchev–Trinajstić information content (AvgIpc) is 3.31. The van der Waals surface area contributed by atoms with E-state index in [0.717, 1.165) is 48.6 Å². The number of hydrogen-bond acceptors (Lipinski definition) is 6. The number of phenols is 1. The molecule has 0 saturated carbocycles. The van der Waals surface area contributed by atoms with E-state index in [9.17, 15) is 5.11 Å². The zero-order valence-corrected chi connectivity index (χ0v) is 14.4. The maximum atomic E-state index is 10.7. The Morgan fingerprint density at radius 3 is 2.19 bits per heavy atom. The summed E-state index contributed by atoms with van der Waals surface area (Å²) in [6.45, 7) is 2.43. The molecule has 0 bridgehead atoms. The predicted molar refractivity (Wildman–Crippen MR) is 94.1 cm³/mol. The second-order valence-corrected chi connectivity index (χ2v) is 6.88. The third-order valence-corrected chi connectivity index (χ3v) is 5.28. The van der Waals surface area contributed by atoms with Gasteiger partial charge in [0, 0.05) is 11.6 Å². The first kappa shape index (κ1) is 15.6. The number of aromatic hydroxyl groups is 1. The van der Waals surface area contributed by atoms with Crippen LogP contribution in [0.2, 0.25) is 0 Å². The van der Waals surface area contributed by atoms with Crippen molar-refractivity contribution in [2.24, 2.45) is 0 Å². The molecule has 136 valence electrons. The standard InChI is InChI=1S/C20H21NO5/c22-15-10-19-18(25-12-26-19)9-14(15)20(21-6-2-1-3-7-21)13-4-5-16-17(8-13)24-11-23-16/h4-5,8-10,20,22H,1-3,6-7,11-12H2/t20-/m0/s1. The summed E-state index contributed by atoms with van der Waals surface area (Å²) in [7, 11) is 0. The molecule has 1 fully saturated rings. The minimum atomic E-state index is -0.0701. The van der Waals surface area contributed by atoms with Crippen LogP contribution < -0.4 is 18.9 Å².